The molecule has 0 spiro atoms. The summed E-state index contributed by atoms with van der Waals surface area (Å²) in [6.45, 7) is 3.86. The van der Waals surface area contributed by atoms with E-state index in [-0.39, 0.29) is 6.10 Å². The van der Waals surface area contributed by atoms with Crippen LogP contribution in [0.3, 0.4) is 0 Å². The highest BCUT2D eigenvalue weighted by Gasteiger charge is 2.17. The Labute approximate surface area is 135 Å². The number of nitrogens with zero attached hydrogens (tertiary/aromatic N) is 4. The Kier molecular flexibility index (Phi) is 4.57. The summed E-state index contributed by atoms with van der Waals surface area (Å²) in [5.74, 6) is 0. The summed E-state index contributed by atoms with van der Waals surface area (Å²) < 4.78 is 6.08. The van der Waals surface area contributed by atoms with E-state index in [2.05, 4.69) is 19.9 Å². The molecule has 0 saturated heterocycles. The second-order valence-corrected chi connectivity index (χ2v) is 5.35. The molecule has 1 aromatic carbocycles. The van der Waals surface area contributed by atoms with Crippen molar-refractivity contribution in [2.45, 2.75) is 26.4 Å². The maximum Gasteiger partial charge on any atom is 0.317 e. The van der Waals surface area contributed by atoms with Gasteiger partial charge >= 0.3 is 6.01 Å². The third-order valence-electron chi connectivity index (χ3n) is 3.39. The number of rotatable bonds is 5. The lowest BCUT2D eigenvalue weighted by molar-refractivity contribution is 0.186. The Morgan fingerprint density at radius 1 is 1.00 bits per heavy atom. The number of hydrogen-bond acceptors (Lipinski definition) is 5. The molecule has 3 aromatic rings. The second-order valence-electron chi connectivity index (χ2n) is 5.35. The summed E-state index contributed by atoms with van der Waals surface area (Å²) >= 11 is 0. The zero-order valence-corrected chi connectivity index (χ0v) is 13.2. The fourth-order valence-corrected chi connectivity index (χ4v) is 2.39. The first kappa shape index (κ1) is 15.1. The van der Waals surface area contributed by atoms with Crippen molar-refractivity contribution in [1.82, 2.24) is 19.9 Å². The molecule has 23 heavy (non-hydrogen) atoms. The van der Waals surface area contributed by atoms with Crippen LogP contribution in [-0.4, -0.2) is 19.9 Å². The first-order chi connectivity index (χ1) is 11.2. The van der Waals surface area contributed by atoms with Crippen LogP contribution in [0.15, 0.2) is 55.0 Å². The van der Waals surface area contributed by atoms with Crippen LogP contribution < -0.4 is 4.74 Å². The molecular weight excluding hydrogens is 288 g/mol. The van der Waals surface area contributed by atoms with Crippen molar-refractivity contribution in [2.75, 3.05) is 0 Å². The zero-order chi connectivity index (χ0) is 16.1. The Morgan fingerprint density at radius 3 is 2.39 bits per heavy atom. The van der Waals surface area contributed by atoms with Gasteiger partial charge in [-0.3, -0.25) is 9.97 Å². The maximum absolute atomic E-state index is 6.08. The number of hydrogen-bond donors (Lipinski definition) is 0. The second kappa shape index (κ2) is 6.96. The first-order valence-corrected chi connectivity index (χ1v) is 7.49. The monoisotopic (exact) mass is 306 g/mol. The van der Waals surface area contributed by atoms with E-state index in [4.69, 9.17) is 4.74 Å². The minimum absolute atomic E-state index is 0.214. The maximum atomic E-state index is 6.08. The van der Waals surface area contributed by atoms with Gasteiger partial charge < -0.3 is 4.74 Å². The smallest absolute Gasteiger partial charge is 0.317 e. The lowest BCUT2D eigenvalue weighted by Crippen LogP contribution is -2.14. The molecule has 0 saturated carbocycles. The first-order valence-electron chi connectivity index (χ1n) is 7.49. The van der Waals surface area contributed by atoms with E-state index in [1.165, 1.54) is 0 Å². The number of benzene rings is 1. The van der Waals surface area contributed by atoms with Crippen LogP contribution >= 0.6 is 0 Å². The van der Waals surface area contributed by atoms with Crippen LogP contribution in [0.5, 0.6) is 6.01 Å². The molecule has 1 atom stereocenters. The van der Waals surface area contributed by atoms with E-state index >= 15 is 0 Å². The summed E-state index contributed by atoms with van der Waals surface area (Å²) in [6, 6.07) is 12.3. The SMILES string of the molecule is Cc1cc(C)nc(OC(Cc2cnccn2)c2ccccc2)n1. The molecule has 5 nitrogen and oxygen atoms in total. The molecule has 2 aromatic heterocycles. The van der Waals surface area contributed by atoms with E-state index in [0.717, 1.165) is 22.6 Å². The fraction of sp³-hybridized carbons (Fsp3) is 0.222. The van der Waals surface area contributed by atoms with Crippen molar-refractivity contribution < 1.29 is 4.74 Å². The molecule has 0 fully saturated rings. The average Bonchev–Trinajstić information content (AvgIpc) is 2.55. The van der Waals surface area contributed by atoms with Crippen molar-refractivity contribution in [3.05, 3.63) is 77.6 Å². The number of aromatic nitrogens is 4. The topological polar surface area (TPSA) is 60.8 Å². The van der Waals surface area contributed by atoms with Gasteiger partial charge in [0.1, 0.15) is 6.10 Å². The molecule has 0 radical (unpaired) electrons. The molecule has 0 aliphatic rings. The van der Waals surface area contributed by atoms with E-state index < -0.39 is 0 Å². The van der Waals surface area contributed by atoms with E-state index in [0.29, 0.717) is 12.4 Å². The van der Waals surface area contributed by atoms with E-state index in [1.807, 2.05) is 50.2 Å². The summed E-state index contributed by atoms with van der Waals surface area (Å²) in [7, 11) is 0. The largest absolute Gasteiger partial charge is 0.455 e. The van der Waals surface area contributed by atoms with Crippen LogP contribution in [-0.2, 0) is 6.42 Å². The lowest BCUT2D eigenvalue weighted by Gasteiger charge is -2.18. The highest BCUT2D eigenvalue weighted by molar-refractivity contribution is 5.21. The van der Waals surface area contributed by atoms with Gasteiger partial charge in [-0.15, -0.1) is 0 Å². The van der Waals surface area contributed by atoms with Gasteiger partial charge in [-0.25, -0.2) is 9.97 Å². The molecule has 0 aliphatic carbocycles. The van der Waals surface area contributed by atoms with Gasteiger partial charge in [0.05, 0.1) is 5.69 Å². The van der Waals surface area contributed by atoms with Crippen LogP contribution in [0, 0.1) is 13.8 Å². The van der Waals surface area contributed by atoms with Gasteiger partial charge in [-0.2, -0.15) is 0 Å². The fourth-order valence-electron chi connectivity index (χ4n) is 2.39. The zero-order valence-electron chi connectivity index (χ0n) is 13.2. The third-order valence-corrected chi connectivity index (χ3v) is 3.39. The Bertz CT molecular complexity index is 742. The van der Waals surface area contributed by atoms with Crippen LogP contribution in [0.25, 0.3) is 0 Å². The predicted octanol–water partition coefficient (Wildman–Crippen LogP) is 3.25. The quantitative estimate of drug-likeness (QED) is 0.724. The van der Waals surface area contributed by atoms with E-state index in [1.54, 1.807) is 18.6 Å². The van der Waals surface area contributed by atoms with Crippen molar-refractivity contribution in [3.63, 3.8) is 0 Å². The number of ether oxygens (including phenoxy) is 1. The molecule has 0 bridgehead atoms. The van der Waals surface area contributed by atoms with Crippen molar-refractivity contribution >= 4 is 0 Å². The average molecular weight is 306 g/mol. The normalized spacial score (nSPS) is 11.9. The van der Waals surface area contributed by atoms with Gasteiger partial charge in [0.2, 0.25) is 0 Å². The minimum Gasteiger partial charge on any atom is -0.455 e. The van der Waals surface area contributed by atoms with Crippen LogP contribution in [0.2, 0.25) is 0 Å². The molecule has 5 heteroatoms. The summed E-state index contributed by atoms with van der Waals surface area (Å²) in [5.41, 5.74) is 3.70. The van der Waals surface area contributed by atoms with Crippen LogP contribution in [0.4, 0.5) is 0 Å². The van der Waals surface area contributed by atoms with Crippen LogP contribution in [0.1, 0.15) is 28.7 Å². The Hall–Kier alpha value is -2.82. The highest BCUT2D eigenvalue weighted by Crippen LogP contribution is 2.23. The molecular formula is C18H18N4O. The number of aryl methyl sites for hydroxylation is 2. The van der Waals surface area contributed by atoms with Gasteiger partial charge in [0.25, 0.3) is 0 Å². The molecule has 116 valence electrons. The van der Waals surface area contributed by atoms with Crippen molar-refractivity contribution in [3.8, 4) is 6.01 Å². The van der Waals surface area contributed by atoms with Gasteiger partial charge in [0, 0.05) is 36.4 Å². The third kappa shape index (κ3) is 4.10. The molecule has 0 amide bonds. The van der Waals surface area contributed by atoms with Gasteiger partial charge in [-0.1, -0.05) is 30.3 Å². The molecule has 2 heterocycles. The summed E-state index contributed by atoms with van der Waals surface area (Å²) in [5, 5.41) is 0. The minimum atomic E-state index is -0.214. The lowest BCUT2D eigenvalue weighted by atomic mass is 10.1. The summed E-state index contributed by atoms with van der Waals surface area (Å²) in [6.07, 6.45) is 5.49. The molecule has 3 rings (SSSR count). The summed E-state index contributed by atoms with van der Waals surface area (Å²) in [4.78, 5) is 17.2. The van der Waals surface area contributed by atoms with E-state index in [9.17, 15) is 0 Å². The Balaban J connectivity index is 1.88. The highest BCUT2D eigenvalue weighted by atomic mass is 16.5. The van der Waals surface area contributed by atoms with Crippen molar-refractivity contribution in [2.24, 2.45) is 0 Å². The van der Waals surface area contributed by atoms with Crippen molar-refractivity contribution in [1.29, 1.82) is 0 Å². The van der Waals surface area contributed by atoms with Gasteiger partial charge in [-0.05, 0) is 25.5 Å². The molecule has 1 unspecified atom stereocenters. The standard InChI is InChI=1S/C18H18N4O/c1-13-10-14(2)22-18(21-13)23-17(15-6-4-3-5-7-15)11-16-12-19-8-9-20-16/h3-10,12,17H,11H2,1-2H3. The molecule has 0 N–H and O–H groups in total. The predicted molar refractivity (Wildman–Crippen MR) is 87.1 cm³/mol. The molecule has 0 aliphatic heterocycles. The van der Waals surface area contributed by atoms with Gasteiger partial charge in [0.15, 0.2) is 0 Å². The Morgan fingerprint density at radius 2 is 1.74 bits per heavy atom.